The zero-order valence-corrected chi connectivity index (χ0v) is 14.1. The van der Waals surface area contributed by atoms with E-state index >= 15 is 0 Å². The number of rotatable bonds is 4. The molecule has 0 radical (unpaired) electrons. The van der Waals surface area contributed by atoms with Crippen molar-refractivity contribution in [2.75, 3.05) is 11.9 Å². The number of aryl methyl sites for hydroxylation is 1. The molecule has 2 heterocycles. The molecule has 0 atom stereocenters. The van der Waals surface area contributed by atoms with Crippen LogP contribution in [0, 0.1) is 5.82 Å². The highest BCUT2D eigenvalue weighted by molar-refractivity contribution is 7.16. The van der Waals surface area contributed by atoms with E-state index in [1.54, 1.807) is 7.05 Å². The van der Waals surface area contributed by atoms with Gasteiger partial charge in [-0.3, -0.25) is 9.69 Å². The minimum absolute atomic E-state index is 0.239. The van der Waals surface area contributed by atoms with Gasteiger partial charge in [0.15, 0.2) is 10.1 Å². The quantitative estimate of drug-likeness (QED) is 0.722. The van der Waals surface area contributed by atoms with Crippen LogP contribution in [0.15, 0.2) is 29.6 Å². The van der Waals surface area contributed by atoms with Crippen molar-refractivity contribution in [3.05, 3.63) is 46.0 Å². The summed E-state index contributed by atoms with van der Waals surface area (Å²) in [6, 6.07) is 5.45. The van der Waals surface area contributed by atoms with Gasteiger partial charge in [-0.15, -0.1) is 21.5 Å². The van der Waals surface area contributed by atoms with Crippen LogP contribution >= 0.6 is 22.7 Å². The number of anilines is 1. The molecule has 1 amide bonds. The van der Waals surface area contributed by atoms with E-state index in [-0.39, 0.29) is 11.7 Å². The number of hydrogen-bond donors (Lipinski definition) is 0. The third-order valence-corrected chi connectivity index (χ3v) is 5.17. The van der Waals surface area contributed by atoms with Gasteiger partial charge in [0, 0.05) is 18.0 Å². The zero-order chi connectivity index (χ0) is 16.4. The summed E-state index contributed by atoms with van der Waals surface area (Å²) in [5.74, 6) is -0.610. The van der Waals surface area contributed by atoms with E-state index in [1.165, 1.54) is 51.8 Å². The summed E-state index contributed by atoms with van der Waals surface area (Å²) >= 11 is 2.85. The molecule has 0 spiro atoms. The fourth-order valence-electron chi connectivity index (χ4n) is 1.89. The lowest BCUT2D eigenvalue weighted by Gasteiger charge is -2.13. The molecule has 0 fully saturated rings. The molecule has 0 aliphatic carbocycles. The number of halogens is 1. The van der Waals surface area contributed by atoms with Crippen LogP contribution in [0.3, 0.4) is 0 Å². The summed E-state index contributed by atoms with van der Waals surface area (Å²) in [6.07, 6.45) is 0.831. The van der Waals surface area contributed by atoms with Crippen LogP contribution in [0.1, 0.15) is 22.3 Å². The maximum absolute atomic E-state index is 12.9. The second-order valence-electron chi connectivity index (χ2n) is 4.74. The third-order valence-electron chi connectivity index (χ3n) is 3.16. The van der Waals surface area contributed by atoms with Gasteiger partial charge >= 0.3 is 0 Å². The van der Waals surface area contributed by atoms with Gasteiger partial charge in [0.05, 0.1) is 0 Å². The number of carbonyl (C=O) groups excluding carboxylic acids is 1. The van der Waals surface area contributed by atoms with E-state index in [2.05, 4.69) is 15.2 Å². The second-order valence-corrected chi connectivity index (χ2v) is 6.64. The molecule has 3 aromatic rings. The number of aromatic nitrogens is 3. The minimum atomic E-state index is -0.372. The standard InChI is InChI=1S/C15H13FN4OS2/c1-3-12-18-19-13(23-12)11-8-22-15(17-11)20(2)14(21)9-4-6-10(16)7-5-9/h4-8H,3H2,1-2H3. The van der Waals surface area contributed by atoms with Crippen LogP contribution in [-0.2, 0) is 6.42 Å². The Morgan fingerprint density at radius 1 is 1.26 bits per heavy atom. The topological polar surface area (TPSA) is 59.0 Å². The number of nitrogens with zero attached hydrogens (tertiary/aromatic N) is 4. The highest BCUT2D eigenvalue weighted by Crippen LogP contribution is 2.29. The molecular weight excluding hydrogens is 335 g/mol. The van der Waals surface area contributed by atoms with E-state index in [1.807, 2.05) is 12.3 Å². The number of thiazole rings is 1. The lowest BCUT2D eigenvalue weighted by Crippen LogP contribution is -2.26. The summed E-state index contributed by atoms with van der Waals surface area (Å²) < 4.78 is 12.9. The van der Waals surface area contributed by atoms with E-state index < -0.39 is 0 Å². The molecule has 0 aliphatic heterocycles. The monoisotopic (exact) mass is 348 g/mol. The van der Waals surface area contributed by atoms with Crippen molar-refractivity contribution in [1.29, 1.82) is 0 Å². The smallest absolute Gasteiger partial charge is 0.259 e. The molecular formula is C15H13FN4OS2. The van der Waals surface area contributed by atoms with Crippen LogP contribution in [-0.4, -0.2) is 28.1 Å². The first-order chi connectivity index (χ1) is 11.1. The lowest BCUT2D eigenvalue weighted by atomic mass is 10.2. The van der Waals surface area contributed by atoms with Gasteiger partial charge in [-0.25, -0.2) is 9.37 Å². The molecule has 2 aromatic heterocycles. The first-order valence-corrected chi connectivity index (χ1v) is 8.60. The van der Waals surface area contributed by atoms with Crippen LogP contribution in [0.25, 0.3) is 10.7 Å². The largest absolute Gasteiger partial charge is 0.287 e. The van der Waals surface area contributed by atoms with Crippen LogP contribution in [0.4, 0.5) is 9.52 Å². The summed E-state index contributed by atoms with van der Waals surface area (Å²) in [7, 11) is 1.64. The Morgan fingerprint density at radius 3 is 2.65 bits per heavy atom. The van der Waals surface area contributed by atoms with Crippen molar-refractivity contribution < 1.29 is 9.18 Å². The minimum Gasteiger partial charge on any atom is -0.287 e. The molecule has 0 unspecified atom stereocenters. The average molecular weight is 348 g/mol. The Hall–Kier alpha value is -2.19. The zero-order valence-electron chi connectivity index (χ0n) is 12.5. The Kier molecular flexibility index (Phi) is 4.44. The van der Waals surface area contributed by atoms with E-state index in [0.29, 0.717) is 16.4 Å². The predicted molar refractivity (Wildman–Crippen MR) is 89.5 cm³/mol. The highest BCUT2D eigenvalue weighted by Gasteiger charge is 2.18. The van der Waals surface area contributed by atoms with Gasteiger partial charge < -0.3 is 0 Å². The summed E-state index contributed by atoms with van der Waals surface area (Å²) in [6.45, 7) is 2.02. The Morgan fingerprint density at radius 2 is 2.00 bits per heavy atom. The summed E-state index contributed by atoms with van der Waals surface area (Å²) in [5, 5.41) is 12.3. The molecule has 0 bridgehead atoms. The number of hydrogen-bond acceptors (Lipinski definition) is 6. The fourth-order valence-corrected chi connectivity index (χ4v) is 3.48. The van der Waals surface area contributed by atoms with Crippen molar-refractivity contribution in [1.82, 2.24) is 15.2 Å². The van der Waals surface area contributed by atoms with Crippen molar-refractivity contribution in [3.8, 4) is 10.7 Å². The Bertz CT molecular complexity index is 828. The van der Waals surface area contributed by atoms with Gasteiger partial charge in [-0.2, -0.15) is 0 Å². The molecule has 0 saturated carbocycles. The molecule has 0 saturated heterocycles. The lowest BCUT2D eigenvalue weighted by molar-refractivity contribution is 0.0993. The average Bonchev–Trinajstić information content (AvgIpc) is 3.23. The second kappa shape index (κ2) is 6.51. The molecule has 5 nitrogen and oxygen atoms in total. The maximum atomic E-state index is 12.9. The maximum Gasteiger partial charge on any atom is 0.259 e. The van der Waals surface area contributed by atoms with Crippen LogP contribution < -0.4 is 4.90 Å². The fraction of sp³-hybridized carbons (Fsp3) is 0.200. The van der Waals surface area contributed by atoms with Gasteiger partial charge in [0.25, 0.3) is 5.91 Å². The first kappa shape index (κ1) is 15.7. The Balaban J connectivity index is 1.81. The molecule has 0 N–H and O–H groups in total. The van der Waals surface area contributed by atoms with E-state index in [4.69, 9.17) is 0 Å². The number of benzene rings is 1. The van der Waals surface area contributed by atoms with Crippen LogP contribution in [0.5, 0.6) is 0 Å². The van der Waals surface area contributed by atoms with Crippen LogP contribution in [0.2, 0.25) is 0 Å². The normalized spacial score (nSPS) is 10.7. The van der Waals surface area contributed by atoms with E-state index in [0.717, 1.165) is 16.4 Å². The highest BCUT2D eigenvalue weighted by atomic mass is 32.1. The number of amides is 1. The van der Waals surface area contributed by atoms with E-state index in [9.17, 15) is 9.18 Å². The molecule has 0 aliphatic rings. The van der Waals surface area contributed by atoms with Gasteiger partial charge in [-0.05, 0) is 30.7 Å². The Labute approximate surface area is 140 Å². The molecule has 1 aromatic carbocycles. The molecule has 8 heteroatoms. The summed E-state index contributed by atoms with van der Waals surface area (Å²) in [4.78, 5) is 18.3. The molecule has 3 rings (SSSR count). The third kappa shape index (κ3) is 3.27. The van der Waals surface area contributed by atoms with Gasteiger partial charge in [0.2, 0.25) is 0 Å². The van der Waals surface area contributed by atoms with Gasteiger partial charge in [-0.1, -0.05) is 18.3 Å². The SMILES string of the molecule is CCc1nnc(-c2csc(N(C)C(=O)c3ccc(F)cc3)n2)s1. The summed E-state index contributed by atoms with van der Waals surface area (Å²) in [5.41, 5.74) is 1.12. The molecule has 118 valence electrons. The molecule has 23 heavy (non-hydrogen) atoms. The first-order valence-electron chi connectivity index (χ1n) is 6.90. The predicted octanol–water partition coefficient (Wildman–Crippen LogP) is 3.64. The van der Waals surface area contributed by atoms with Crippen molar-refractivity contribution in [3.63, 3.8) is 0 Å². The van der Waals surface area contributed by atoms with Gasteiger partial charge in [0.1, 0.15) is 16.5 Å². The van der Waals surface area contributed by atoms with Crippen molar-refractivity contribution >= 4 is 33.7 Å². The number of carbonyl (C=O) groups is 1. The van der Waals surface area contributed by atoms with Crippen molar-refractivity contribution in [2.45, 2.75) is 13.3 Å². The van der Waals surface area contributed by atoms with Crippen molar-refractivity contribution in [2.24, 2.45) is 0 Å².